The average Bonchev–Trinajstić information content (AvgIpc) is 3.35. The van der Waals surface area contributed by atoms with Gasteiger partial charge in [0.05, 0.1) is 16.6 Å². The topological polar surface area (TPSA) is 55.1 Å². The number of fused-ring (bicyclic) bond motifs is 1. The molecule has 0 radical (unpaired) electrons. The molecule has 2 saturated carbocycles. The highest BCUT2D eigenvalue weighted by Crippen LogP contribution is 2.62. The normalized spacial score (nSPS) is 19.9. The van der Waals surface area contributed by atoms with Crippen LogP contribution in [0.15, 0.2) is 18.2 Å². The van der Waals surface area contributed by atoms with Gasteiger partial charge in [-0.1, -0.05) is 6.92 Å². The molecule has 0 bridgehead atoms. The predicted molar refractivity (Wildman–Crippen MR) is 80.5 cm³/mol. The van der Waals surface area contributed by atoms with Crippen LogP contribution in [-0.4, -0.2) is 20.6 Å². The Kier molecular flexibility index (Phi) is 2.65. The Labute approximate surface area is 123 Å². The summed E-state index contributed by atoms with van der Waals surface area (Å²) in [7, 11) is 0. The second-order valence-corrected chi connectivity index (χ2v) is 6.61. The smallest absolute Gasteiger partial charge is 0.335 e. The summed E-state index contributed by atoms with van der Waals surface area (Å²) in [4.78, 5) is 15.9. The number of hydrogen-bond donors (Lipinski definition) is 1. The third kappa shape index (κ3) is 2.04. The van der Waals surface area contributed by atoms with Crippen molar-refractivity contribution >= 4 is 17.0 Å². The van der Waals surface area contributed by atoms with Gasteiger partial charge in [0.2, 0.25) is 0 Å². The summed E-state index contributed by atoms with van der Waals surface area (Å²) in [5.74, 6) is 1.10. The van der Waals surface area contributed by atoms with Crippen molar-refractivity contribution in [1.29, 1.82) is 0 Å². The molecule has 4 heteroatoms. The van der Waals surface area contributed by atoms with Crippen molar-refractivity contribution in [1.82, 2.24) is 9.55 Å². The maximum absolute atomic E-state index is 11.2. The molecule has 21 heavy (non-hydrogen) atoms. The van der Waals surface area contributed by atoms with Crippen molar-refractivity contribution in [3.05, 3.63) is 29.6 Å². The van der Waals surface area contributed by atoms with E-state index in [0.29, 0.717) is 11.0 Å². The molecular formula is C17H20N2O2. The molecule has 4 nitrogen and oxygen atoms in total. The monoisotopic (exact) mass is 284 g/mol. The van der Waals surface area contributed by atoms with Gasteiger partial charge in [-0.05, 0) is 55.2 Å². The van der Waals surface area contributed by atoms with E-state index in [4.69, 9.17) is 4.98 Å². The van der Waals surface area contributed by atoms with Crippen molar-refractivity contribution in [2.75, 3.05) is 0 Å². The van der Waals surface area contributed by atoms with E-state index in [9.17, 15) is 9.90 Å². The molecule has 0 unspecified atom stereocenters. The molecule has 0 amide bonds. The molecule has 0 spiro atoms. The Morgan fingerprint density at radius 2 is 2.19 bits per heavy atom. The number of benzene rings is 1. The minimum atomic E-state index is -0.869. The lowest BCUT2D eigenvalue weighted by Gasteiger charge is -2.17. The zero-order valence-corrected chi connectivity index (χ0v) is 12.3. The summed E-state index contributed by atoms with van der Waals surface area (Å²) >= 11 is 0. The first-order valence-electron chi connectivity index (χ1n) is 7.85. The number of imidazole rings is 1. The number of carbonyl (C=O) groups is 1. The van der Waals surface area contributed by atoms with Crippen LogP contribution in [0.25, 0.3) is 11.0 Å². The molecule has 1 aromatic heterocycles. The van der Waals surface area contributed by atoms with Gasteiger partial charge in [-0.2, -0.15) is 0 Å². The van der Waals surface area contributed by atoms with E-state index >= 15 is 0 Å². The highest BCUT2D eigenvalue weighted by molar-refractivity contribution is 5.92. The lowest BCUT2D eigenvalue weighted by atomic mass is 10.0. The Balaban J connectivity index is 1.80. The predicted octanol–water partition coefficient (Wildman–Crippen LogP) is 3.49. The third-order valence-corrected chi connectivity index (χ3v) is 5.20. The lowest BCUT2D eigenvalue weighted by Crippen LogP contribution is -2.16. The SMILES string of the molecule is CCc1nc2ccc(C(=O)O)cc2n1CC1(C2CC2)CC1. The minimum absolute atomic E-state index is 0.350. The molecule has 110 valence electrons. The van der Waals surface area contributed by atoms with Gasteiger partial charge in [0.15, 0.2) is 0 Å². The van der Waals surface area contributed by atoms with Gasteiger partial charge in [0, 0.05) is 13.0 Å². The van der Waals surface area contributed by atoms with Crippen LogP contribution in [0.4, 0.5) is 0 Å². The fraction of sp³-hybridized carbons (Fsp3) is 0.529. The zero-order chi connectivity index (χ0) is 14.6. The molecule has 1 heterocycles. The number of aryl methyl sites for hydroxylation is 1. The molecule has 0 saturated heterocycles. The summed E-state index contributed by atoms with van der Waals surface area (Å²) in [5, 5.41) is 9.21. The highest BCUT2D eigenvalue weighted by atomic mass is 16.4. The Bertz CT molecular complexity index is 724. The number of hydrogen-bond acceptors (Lipinski definition) is 2. The Morgan fingerprint density at radius 1 is 1.43 bits per heavy atom. The summed E-state index contributed by atoms with van der Waals surface area (Å²) in [6, 6.07) is 5.27. The van der Waals surface area contributed by atoms with Crippen LogP contribution in [0.5, 0.6) is 0 Å². The van der Waals surface area contributed by atoms with Crippen LogP contribution < -0.4 is 0 Å². The zero-order valence-electron chi connectivity index (χ0n) is 12.3. The van der Waals surface area contributed by atoms with Gasteiger partial charge in [0.25, 0.3) is 0 Å². The highest BCUT2D eigenvalue weighted by Gasteiger charge is 2.54. The summed E-state index contributed by atoms with van der Waals surface area (Å²) < 4.78 is 2.28. The van der Waals surface area contributed by atoms with Crippen LogP contribution in [0.3, 0.4) is 0 Å². The van der Waals surface area contributed by atoms with Crippen LogP contribution in [0, 0.1) is 11.3 Å². The van der Waals surface area contributed by atoms with E-state index in [1.807, 2.05) is 6.07 Å². The first-order chi connectivity index (χ1) is 10.1. The number of aromatic carboxylic acids is 1. The van der Waals surface area contributed by atoms with Crippen LogP contribution >= 0.6 is 0 Å². The van der Waals surface area contributed by atoms with Gasteiger partial charge >= 0.3 is 5.97 Å². The molecular weight excluding hydrogens is 264 g/mol. The molecule has 0 atom stereocenters. The maximum atomic E-state index is 11.2. The van der Waals surface area contributed by atoms with Crippen molar-refractivity contribution < 1.29 is 9.90 Å². The van der Waals surface area contributed by atoms with Crippen molar-refractivity contribution in [2.24, 2.45) is 11.3 Å². The van der Waals surface area contributed by atoms with E-state index in [2.05, 4.69) is 11.5 Å². The van der Waals surface area contributed by atoms with Gasteiger partial charge in [-0.3, -0.25) is 0 Å². The number of carboxylic acid groups (broad SMARTS) is 1. The molecule has 2 aliphatic carbocycles. The summed E-state index contributed by atoms with van der Waals surface area (Å²) in [5.41, 5.74) is 2.74. The van der Waals surface area contributed by atoms with Gasteiger partial charge < -0.3 is 9.67 Å². The van der Waals surface area contributed by atoms with Gasteiger partial charge in [0.1, 0.15) is 5.82 Å². The van der Waals surface area contributed by atoms with Crippen molar-refractivity contribution in [3.8, 4) is 0 Å². The summed E-state index contributed by atoms with van der Waals surface area (Å²) in [6.07, 6.45) is 6.26. The van der Waals surface area contributed by atoms with E-state index in [1.54, 1.807) is 12.1 Å². The number of carboxylic acids is 1. The van der Waals surface area contributed by atoms with Crippen LogP contribution in [0.2, 0.25) is 0 Å². The second-order valence-electron chi connectivity index (χ2n) is 6.61. The number of nitrogens with zero attached hydrogens (tertiary/aromatic N) is 2. The molecule has 1 N–H and O–H groups in total. The fourth-order valence-corrected chi connectivity index (χ4v) is 3.62. The Hall–Kier alpha value is -1.84. The lowest BCUT2D eigenvalue weighted by molar-refractivity contribution is 0.0697. The molecule has 1 aromatic carbocycles. The first-order valence-corrected chi connectivity index (χ1v) is 7.85. The number of rotatable bonds is 5. The van der Waals surface area contributed by atoms with Crippen LogP contribution in [-0.2, 0) is 13.0 Å². The molecule has 2 fully saturated rings. The van der Waals surface area contributed by atoms with Gasteiger partial charge in [-0.15, -0.1) is 0 Å². The van der Waals surface area contributed by atoms with E-state index in [0.717, 1.165) is 35.7 Å². The van der Waals surface area contributed by atoms with Gasteiger partial charge in [-0.25, -0.2) is 9.78 Å². The molecule has 0 aliphatic heterocycles. The fourth-order valence-electron chi connectivity index (χ4n) is 3.62. The average molecular weight is 284 g/mol. The quantitative estimate of drug-likeness (QED) is 0.914. The molecule has 4 rings (SSSR count). The standard InChI is InChI=1S/C17H20N2O2/c1-2-15-18-13-6-3-11(16(20)21)9-14(13)19(15)10-17(7-8-17)12-4-5-12/h3,6,9,12H,2,4-5,7-8,10H2,1H3,(H,20,21). The van der Waals surface area contributed by atoms with Crippen molar-refractivity contribution in [2.45, 2.75) is 45.6 Å². The number of aromatic nitrogens is 2. The molecule has 2 aromatic rings. The molecule has 2 aliphatic rings. The second kappa shape index (κ2) is 4.33. The maximum Gasteiger partial charge on any atom is 0.335 e. The third-order valence-electron chi connectivity index (χ3n) is 5.20. The minimum Gasteiger partial charge on any atom is -0.478 e. The summed E-state index contributed by atoms with van der Waals surface area (Å²) in [6.45, 7) is 3.13. The Morgan fingerprint density at radius 3 is 2.76 bits per heavy atom. The van der Waals surface area contributed by atoms with E-state index in [-0.39, 0.29) is 0 Å². The van der Waals surface area contributed by atoms with Crippen molar-refractivity contribution in [3.63, 3.8) is 0 Å². The van der Waals surface area contributed by atoms with E-state index in [1.165, 1.54) is 25.7 Å². The van der Waals surface area contributed by atoms with Crippen LogP contribution in [0.1, 0.15) is 48.8 Å². The van der Waals surface area contributed by atoms with E-state index < -0.39 is 5.97 Å². The first kappa shape index (κ1) is 12.9. The largest absolute Gasteiger partial charge is 0.478 e.